The van der Waals surface area contributed by atoms with Crippen molar-refractivity contribution in [2.24, 2.45) is 0 Å². The fourth-order valence-corrected chi connectivity index (χ4v) is 4.20. The monoisotopic (exact) mass is 493 g/mol. The van der Waals surface area contributed by atoms with E-state index in [0.29, 0.717) is 42.4 Å². The molecule has 0 aliphatic carbocycles. The molecular formula is C21H21ClFN5O4S. The van der Waals surface area contributed by atoms with Gasteiger partial charge in [-0.05, 0) is 48.9 Å². The number of rotatable bonds is 6. The summed E-state index contributed by atoms with van der Waals surface area (Å²) in [5.74, 6) is -0.592. The van der Waals surface area contributed by atoms with Crippen LogP contribution in [0.2, 0.25) is 5.02 Å². The minimum atomic E-state index is -3.44. The highest BCUT2D eigenvalue weighted by atomic mass is 35.5. The van der Waals surface area contributed by atoms with Gasteiger partial charge in [-0.1, -0.05) is 11.6 Å². The van der Waals surface area contributed by atoms with E-state index in [9.17, 15) is 17.6 Å². The second-order valence-electron chi connectivity index (χ2n) is 7.50. The van der Waals surface area contributed by atoms with Crippen LogP contribution < -0.4 is 14.9 Å². The first-order chi connectivity index (χ1) is 15.7. The molecule has 0 saturated carbocycles. The summed E-state index contributed by atoms with van der Waals surface area (Å²) < 4.78 is 44.3. The predicted octanol–water partition coefficient (Wildman–Crippen LogP) is 3.89. The van der Waals surface area contributed by atoms with Gasteiger partial charge in [0.2, 0.25) is 10.0 Å². The van der Waals surface area contributed by atoms with Crippen LogP contribution in [0.15, 0.2) is 42.5 Å². The lowest BCUT2D eigenvalue weighted by atomic mass is 10.1. The van der Waals surface area contributed by atoms with Crippen molar-refractivity contribution in [2.45, 2.75) is 19.6 Å². The Balaban J connectivity index is 1.63. The molecule has 4 rings (SSSR count). The number of nitrogens with zero attached hydrogens (tertiary/aromatic N) is 2. The Morgan fingerprint density at radius 2 is 1.97 bits per heavy atom. The van der Waals surface area contributed by atoms with Crippen molar-refractivity contribution in [1.29, 1.82) is 0 Å². The maximum Gasteiger partial charge on any atom is 0.326 e. The number of ether oxygens (including phenoxy) is 1. The number of anilines is 3. The first-order valence-corrected chi connectivity index (χ1v) is 12.2. The number of sulfonamides is 1. The number of nitrogens with one attached hydrogen (secondary N) is 3. The third-order valence-electron chi connectivity index (χ3n) is 4.99. The number of aromatic amines is 1. The largest absolute Gasteiger partial charge is 0.375 e. The van der Waals surface area contributed by atoms with Gasteiger partial charge in [0.25, 0.3) is 0 Å². The minimum absolute atomic E-state index is 0.114. The molecule has 1 aliphatic heterocycles. The molecule has 1 aliphatic rings. The quantitative estimate of drug-likeness (QED) is 0.481. The van der Waals surface area contributed by atoms with Crippen LogP contribution in [0.1, 0.15) is 17.0 Å². The number of hydrogen-bond acceptors (Lipinski definition) is 5. The molecule has 0 unspecified atom stereocenters. The third kappa shape index (κ3) is 5.62. The molecule has 0 saturated heterocycles. The average molecular weight is 494 g/mol. The van der Waals surface area contributed by atoms with Crippen molar-refractivity contribution in [3.05, 3.63) is 70.3 Å². The summed E-state index contributed by atoms with van der Waals surface area (Å²) in [4.78, 5) is 14.7. The van der Waals surface area contributed by atoms with E-state index < -0.39 is 21.9 Å². The van der Waals surface area contributed by atoms with Crippen LogP contribution >= 0.6 is 11.6 Å². The molecule has 174 valence electrons. The Bertz CT molecular complexity index is 1280. The second kappa shape index (κ2) is 9.38. The molecule has 0 spiro atoms. The zero-order valence-electron chi connectivity index (χ0n) is 17.6. The Morgan fingerprint density at radius 1 is 1.24 bits per heavy atom. The van der Waals surface area contributed by atoms with E-state index in [1.54, 1.807) is 24.3 Å². The van der Waals surface area contributed by atoms with Crippen LogP contribution in [0.4, 0.5) is 26.2 Å². The summed E-state index contributed by atoms with van der Waals surface area (Å²) >= 11 is 5.84. The Hall–Kier alpha value is -3.15. The van der Waals surface area contributed by atoms with Crippen molar-refractivity contribution in [3.63, 3.8) is 0 Å². The van der Waals surface area contributed by atoms with E-state index >= 15 is 0 Å². The molecule has 9 nitrogen and oxygen atoms in total. The van der Waals surface area contributed by atoms with Gasteiger partial charge in [0.1, 0.15) is 5.82 Å². The molecular weight excluding hydrogens is 473 g/mol. The van der Waals surface area contributed by atoms with Gasteiger partial charge >= 0.3 is 6.03 Å². The van der Waals surface area contributed by atoms with E-state index in [-0.39, 0.29) is 11.6 Å². The first-order valence-electron chi connectivity index (χ1n) is 9.94. The van der Waals surface area contributed by atoms with Crippen LogP contribution in [0.25, 0.3) is 0 Å². The van der Waals surface area contributed by atoms with Gasteiger partial charge in [-0.2, -0.15) is 5.10 Å². The average Bonchev–Trinajstić information content (AvgIpc) is 3.17. The molecule has 0 bridgehead atoms. The van der Waals surface area contributed by atoms with E-state index in [1.807, 2.05) is 0 Å². The maximum absolute atomic E-state index is 13.5. The zero-order chi connectivity index (χ0) is 23.6. The van der Waals surface area contributed by atoms with Crippen LogP contribution in [0, 0.1) is 5.82 Å². The number of amides is 2. The Kier molecular flexibility index (Phi) is 6.54. The number of carbonyl (C=O) groups excluding carboxylic acids is 1. The summed E-state index contributed by atoms with van der Waals surface area (Å²) in [6.07, 6.45) is 1.72. The first kappa shape index (κ1) is 23.0. The number of benzene rings is 2. The molecule has 1 aromatic heterocycles. The predicted molar refractivity (Wildman–Crippen MR) is 123 cm³/mol. The van der Waals surface area contributed by atoms with Crippen molar-refractivity contribution < 1.29 is 22.3 Å². The van der Waals surface area contributed by atoms with Gasteiger partial charge in [0.15, 0.2) is 0 Å². The molecule has 12 heteroatoms. The standard InChI is InChI=1S/C21H21ClFN5O4S/c1-33(30,31)27-13-2-5-15(6-3-13)28(11-19-16-8-9-32-12-20(16)26-25-19)21(29)24-14-4-7-18(23)17(22)10-14/h2-7,10,27H,8-9,11-12H2,1H3,(H,24,29)(H,25,26). The van der Waals surface area contributed by atoms with E-state index in [1.165, 1.54) is 17.0 Å². The fraction of sp³-hybridized carbons (Fsp3) is 0.238. The number of aromatic nitrogens is 2. The van der Waals surface area contributed by atoms with Gasteiger partial charge in [0.05, 0.1) is 42.4 Å². The van der Waals surface area contributed by atoms with Crippen molar-refractivity contribution >= 4 is 44.7 Å². The van der Waals surface area contributed by atoms with Crippen LogP contribution in [-0.2, 0) is 34.3 Å². The van der Waals surface area contributed by atoms with Gasteiger partial charge in [-0.3, -0.25) is 14.7 Å². The van der Waals surface area contributed by atoms with Gasteiger partial charge < -0.3 is 10.1 Å². The smallest absolute Gasteiger partial charge is 0.326 e. The lowest BCUT2D eigenvalue weighted by Gasteiger charge is -2.24. The summed E-state index contributed by atoms with van der Waals surface area (Å²) in [7, 11) is -3.44. The summed E-state index contributed by atoms with van der Waals surface area (Å²) in [5, 5.41) is 9.91. The van der Waals surface area contributed by atoms with Crippen LogP contribution in [0.5, 0.6) is 0 Å². The minimum Gasteiger partial charge on any atom is -0.375 e. The third-order valence-corrected chi connectivity index (χ3v) is 5.88. The normalized spacial score (nSPS) is 13.3. The topological polar surface area (TPSA) is 116 Å². The number of halogens is 2. The Morgan fingerprint density at radius 3 is 2.67 bits per heavy atom. The number of carbonyl (C=O) groups is 1. The fourth-order valence-electron chi connectivity index (χ4n) is 3.46. The molecule has 0 radical (unpaired) electrons. The second-order valence-corrected chi connectivity index (χ2v) is 9.65. The van der Waals surface area contributed by atoms with Crippen molar-refractivity contribution in [2.75, 3.05) is 27.8 Å². The molecule has 2 aromatic carbocycles. The van der Waals surface area contributed by atoms with Gasteiger partial charge in [-0.15, -0.1) is 0 Å². The zero-order valence-corrected chi connectivity index (χ0v) is 19.1. The summed E-state index contributed by atoms with van der Waals surface area (Å²) in [6.45, 7) is 1.13. The van der Waals surface area contributed by atoms with Crippen LogP contribution in [0.3, 0.4) is 0 Å². The molecule has 33 heavy (non-hydrogen) atoms. The molecule has 3 aromatic rings. The van der Waals surface area contributed by atoms with E-state index in [2.05, 4.69) is 20.2 Å². The molecule has 0 fully saturated rings. The highest BCUT2D eigenvalue weighted by Gasteiger charge is 2.23. The SMILES string of the molecule is CS(=O)(=O)Nc1ccc(N(Cc2n[nH]c3c2CCOC3)C(=O)Nc2ccc(F)c(Cl)c2)cc1. The summed E-state index contributed by atoms with van der Waals surface area (Å²) in [6, 6.07) is 9.74. The van der Waals surface area contributed by atoms with Crippen LogP contribution in [-0.4, -0.2) is 37.5 Å². The van der Waals surface area contributed by atoms with Crippen molar-refractivity contribution in [3.8, 4) is 0 Å². The molecule has 3 N–H and O–H groups in total. The number of urea groups is 1. The molecule has 2 amide bonds. The Labute approximate surface area is 194 Å². The van der Waals surface area contributed by atoms with Gasteiger partial charge in [-0.25, -0.2) is 17.6 Å². The van der Waals surface area contributed by atoms with E-state index in [0.717, 1.165) is 23.6 Å². The molecule has 2 heterocycles. The van der Waals surface area contributed by atoms with E-state index in [4.69, 9.17) is 16.3 Å². The van der Waals surface area contributed by atoms with Crippen molar-refractivity contribution in [1.82, 2.24) is 10.2 Å². The lowest BCUT2D eigenvalue weighted by molar-refractivity contribution is 0.108. The maximum atomic E-state index is 13.5. The number of fused-ring (bicyclic) bond motifs is 1. The van der Waals surface area contributed by atoms with Gasteiger partial charge in [0, 0.05) is 22.6 Å². The summed E-state index contributed by atoms with van der Waals surface area (Å²) in [5.41, 5.74) is 3.75. The highest BCUT2D eigenvalue weighted by Crippen LogP contribution is 2.26. The lowest BCUT2D eigenvalue weighted by Crippen LogP contribution is -2.35. The number of H-pyrrole nitrogens is 1. The molecule has 0 atom stereocenters. The number of hydrogen-bond donors (Lipinski definition) is 3. The highest BCUT2D eigenvalue weighted by molar-refractivity contribution is 7.92.